The van der Waals surface area contributed by atoms with Gasteiger partial charge in [0.1, 0.15) is 12.4 Å². The molecule has 0 heterocycles. The van der Waals surface area contributed by atoms with Crippen molar-refractivity contribution in [1.82, 2.24) is 0 Å². The van der Waals surface area contributed by atoms with E-state index in [-0.39, 0.29) is 17.0 Å². The van der Waals surface area contributed by atoms with E-state index in [9.17, 15) is 14.9 Å². The number of ether oxygens (including phenoxy) is 1. The molecule has 22 heavy (non-hydrogen) atoms. The van der Waals surface area contributed by atoms with Crippen LogP contribution in [0.3, 0.4) is 0 Å². The molecule has 0 atom stereocenters. The minimum absolute atomic E-state index is 0.0876. The molecule has 0 radical (unpaired) electrons. The number of nitro benzene ring substituents is 1. The van der Waals surface area contributed by atoms with Crippen molar-refractivity contribution in [1.29, 1.82) is 0 Å². The number of ketones is 1. The molecule has 2 aromatic rings. The van der Waals surface area contributed by atoms with Crippen LogP contribution in [0.15, 0.2) is 42.5 Å². The lowest BCUT2D eigenvalue weighted by molar-refractivity contribution is -0.385. The molecule has 0 spiro atoms. The highest BCUT2D eigenvalue weighted by Crippen LogP contribution is 2.25. The third kappa shape index (κ3) is 3.69. The van der Waals surface area contributed by atoms with E-state index in [0.29, 0.717) is 12.4 Å². The van der Waals surface area contributed by atoms with Gasteiger partial charge in [-0.1, -0.05) is 31.2 Å². The highest BCUT2D eigenvalue weighted by Gasteiger charge is 2.18. The van der Waals surface area contributed by atoms with E-state index in [4.69, 9.17) is 4.74 Å². The second kappa shape index (κ2) is 6.85. The largest absolute Gasteiger partial charge is 0.489 e. The van der Waals surface area contributed by atoms with Crippen molar-refractivity contribution in [3.8, 4) is 5.75 Å². The molecule has 114 valence electrons. The molecular weight excluding hydrogens is 282 g/mol. The molecule has 0 aliphatic heterocycles. The second-order valence-corrected chi connectivity index (χ2v) is 4.95. The van der Waals surface area contributed by atoms with Crippen LogP contribution < -0.4 is 4.74 Å². The minimum atomic E-state index is -0.570. The SMILES string of the molecule is CCc1ccc(COc2ccc(C(C)=O)c([N+](=O)[O-])c2)cc1. The Morgan fingerprint density at radius 2 is 1.77 bits per heavy atom. The maximum Gasteiger partial charge on any atom is 0.283 e. The van der Waals surface area contributed by atoms with Gasteiger partial charge < -0.3 is 4.74 Å². The first kappa shape index (κ1) is 15.7. The molecule has 0 bridgehead atoms. The van der Waals surface area contributed by atoms with Gasteiger partial charge in [-0.2, -0.15) is 0 Å². The summed E-state index contributed by atoms with van der Waals surface area (Å²) in [7, 11) is 0. The molecule has 2 rings (SSSR count). The first-order valence-corrected chi connectivity index (χ1v) is 7.01. The number of rotatable bonds is 6. The van der Waals surface area contributed by atoms with Crippen LogP contribution in [-0.2, 0) is 13.0 Å². The van der Waals surface area contributed by atoms with Crippen molar-refractivity contribution in [3.05, 3.63) is 69.3 Å². The van der Waals surface area contributed by atoms with Crippen LogP contribution >= 0.6 is 0 Å². The predicted molar refractivity (Wildman–Crippen MR) is 83.3 cm³/mol. The average molecular weight is 299 g/mol. The Bertz CT molecular complexity index is 692. The lowest BCUT2D eigenvalue weighted by atomic mass is 10.1. The Labute approximate surface area is 128 Å². The lowest BCUT2D eigenvalue weighted by Gasteiger charge is -2.08. The average Bonchev–Trinajstić information content (AvgIpc) is 2.53. The van der Waals surface area contributed by atoms with Crippen LogP contribution in [-0.4, -0.2) is 10.7 Å². The van der Waals surface area contributed by atoms with E-state index in [1.807, 2.05) is 24.3 Å². The van der Waals surface area contributed by atoms with Crippen molar-refractivity contribution in [2.24, 2.45) is 0 Å². The quantitative estimate of drug-likeness (QED) is 0.460. The normalized spacial score (nSPS) is 10.3. The summed E-state index contributed by atoms with van der Waals surface area (Å²) >= 11 is 0. The Kier molecular flexibility index (Phi) is 4.88. The number of benzene rings is 2. The lowest BCUT2D eigenvalue weighted by Crippen LogP contribution is -2.02. The summed E-state index contributed by atoms with van der Waals surface area (Å²) in [5, 5.41) is 11.0. The van der Waals surface area contributed by atoms with Gasteiger partial charge in [-0.25, -0.2) is 0 Å². The Morgan fingerprint density at radius 3 is 2.32 bits per heavy atom. The molecule has 0 saturated heterocycles. The standard InChI is InChI=1S/C17H17NO4/c1-3-13-4-6-14(7-5-13)11-22-15-8-9-16(12(2)19)17(10-15)18(20)21/h4-10H,3,11H2,1-2H3. The summed E-state index contributed by atoms with van der Waals surface area (Å²) in [6, 6.07) is 12.3. The summed E-state index contributed by atoms with van der Waals surface area (Å²) in [5.74, 6) is 0.0321. The number of carbonyl (C=O) groups excluding carboxylic acids is 1. The maximum atomic E-state index is 11.4. The van der Waals surface area contributed by atoms with Gasteiger partial charge in [0, 0.05) is 0 Å². The summed E-state index contributed by atoms with van der Waals surface area (Å²) in [6.45, 7) is 3.71. The molecule has 2 aromatic carbocycles. The van der Waals surface area contributed by atoms with Gasteiger partial charge >= 0.3 is 0 Å². The molecular formula is C17H17NO4. The van der Waals surface area contributed by atoms with Crippen LogP contribution in [0.5, 0.6) is 5.75 Å². The Morgan fingerprint density at radius 1 is 1.14 bits per heavy atom. The third-order valence-electron chi connectivity index (χ3n) is 3.38. The van der Waals surface area contributed by atoms with E-state index in [0.717, 1.165) is 12.0 Å². The molecule has 5 heteroatoms. The number of Topliss-reactive ketones (excluding diaryl/α,β-unsaturated/α-hetero) is 1. The highest BCUT2D eigenvalue weighted by molar-refractivity contribution is 5.98. The number of hydrogen-bond donors (Lipinski definition) is 0. The number of nitrogens with zero attached hydrogens (tertiary/aromatic N) is 1. The Hall–Kier alpha value is -2.69. The molecule has 0 saturated carbocycles. The minimum Gasteiger partial charge on any atom is -0.489 e. The van der Waals surface area contributed by atoms with Gasteiger partial charge in [0.2, 0.25) is 0 Å². The van der Waals surface area contributed by atoms with Crippen molar-refractivity contribution >= 4 is 11.5 Å². The molecule has 0 aliphatic carbocycles. The summed E-state index contributed by atoms with van der Waals surface area (Å²) in [4.78, 5) is 21.8. The zero-order valence-electron chi connectivity index (χ0n) is 12.5. The number of hydrogen-bond acceptors (Lipinski definition) is 4. The molecule has 0 fully saturated rings. The second-order valence-electron chi connectivity index (χ2n) is 4.95. The van der Waals surface area contributed by atoms with Gasteiger partial charge in [0.25, 0.3) is 5.69 Å². The molecule has 0 unspecified atom stereocenters. The smallest absolute Gasteiger partial charge is 0.283 e. The molecule has 0 amide bonds. The maximum absolute atomic E-state index is 11.4. The van der Waals surface area contributed by atoms with Gasteiger partial charge in [0.05, 0.1) is 16.6 Å². The van der Waals surface area contributed by atoms with Crippen LogP contribution in [0.1, 0.15) is 35.3 Å². The van der Waals surface area contributed by atoms with Crippen LogP contribution in [0.4, 0.5) is 5.69 Å². The fraction of sp³-hybridized carbons (Fsp3) is 0.235. The Balaban J connectivity index is 2.14. The summed E-state index contributed by atoms with van der Waals surface area (Å²) in [5.41, 5.74) is 2.08. The van der Waals surface area contributed by atoms with Crippen molar-refractivity contribution in [2.75, 3.05) is 0 Å². The van der Waals surface area contributed by atoms with Crippen LogP contribution in [0.2, 0.25) is 0 Å². The first-order chi connectivity index (χ1) is 10.5. The zero-order chi connectivity index (χ0) is 16.1. The van der Waals surface area contributed by atoms with E-state index in [1.165, 1.54) is 24.6 Å². The van der Waals surface area contributed by atoms with E-state index < -0.39 is 4.92 Å². The van der Waals surface area contributed by atoms with Crippen molar-refractivity contribution in [3.63, 3.8) is 0 Å². The fourth-order valence-corrected chi connectivity index (χ4v) is 2.09. The summed E-state index contributed by atoms with van der Waals surface area (Å²) in [6.07, 6.45) is 0.972. The van der Waals surface area contributed by atoms with Gasteiger partial charge in [-0.3, -0.25) is 14.9 Å². The third-order valence-corrected chi connectivity index (χ3v) is 3.38. The van der Waals surface area contributed by atoms with E-state index >= 15 is 0 Å². The molecule has 5 nitrogen and oxygen atoms in total. The first-order valence-electron chi connectivity index (χ1n) is 7.01. The number of carbonyl (C=O) groups is 1. The highest BCUT2D eigenvalue weighted by atomic mass is 16.6. The van der Waals surface area contributed by atoms with Crippen LogP contribution in [0.25, 0.3) is 0 Å². The topological polar surface area (TPSA) is 69.4 Å². The van der Waals surface area contributed by atoms with E-state index in [1.54, 1.807) is 6.07 Å². The van der Waals surface area contributed by atoms with Crippen LogP contribution in [0, 0.1) is 10.1 Å². The van der Waals surface area contributed by atoms with Crippen molar-refractivity contribution in [2.45, 2.75) is 26.9 Å². The number of nitro groups is 1. The predicted octanol–water partition coefficient (Wildman–Crippen LogP) is 3.94. The van der Waals surface area contributed by atoms with Gasteiger partial charge in [0.15, 0.2) is 5.78 Å². The molecule has 0 aliphatic rings. The molecule has 0 aromatic heterocycles. The van der Waals surface area contributed by atoms with Gasteiger partial charge in [-0.15, -0.1) is 0 Å². The van der Waals surface area contributed by atoms with E-state index in [2.05, 4.69) is 6.92 Å². The van der Waals surface area contributed by atoms with Gasteiger partial charge in [-0.05, 0) is 36.6 Å². The van der Waals surface area contributed by atoms with Crippen molar-refractivity contribution < 1.29 is 14.5 Å². The fourth-order valence-electron chi connectivity index (χ4n) is 2.09. The molecule has 0 N–H and O–H groups in total. The summed E-state index contributed by atoms with van der Waals surface area (Å²) < 4.78 is 5.58. The number of aryl methyl sites for hydroxylation is 1. The zero-order valence-corrected chi connectivity index (χ0v) is 12.5. The monoisotopic (exact) mass is 299 g/mol.